The highest BCUT2D eigenvalue weighted by Crippen LogP contribution is 2.55. The Hall–Kier alpha value is -6.33. The number of benzene rings is 8. The van der Waals surface area contributed by atoms with Crippen LogP contribution >= 0.6 is 47.8 Å². The summed E-state index contributed by atoms with van der Waals surface area (Å²) in [6, 6.07) is 61.8. The normalized spacial score (nSPS) is 12.6. The van der Waals surface area contributed by atoms with Gasteiger partial charge in [-0.05, 0) is 194 Å². The third-order valence-corrected chi connectivity index (χ3v) is 17.5. The number of halogens is 3. The van der Waals surface area contributed by atoms with Crippen molar-refractivity contribution in [3.8, 4) is 62.7 Å². The first-order valence-electron chi connectivity index (χ1n) is 27.8. The average Bonchev–Trinajstić information content (AvgIpc) is 4.34. The van der Waals surface area contributed by atoms with Gasteiger partial charge in [-0.3, -0.25) is 0 Å². The van der Waals surface area contributed by atoms with Crippen LogP contribution in [0.3, 0.4) is 0 Å². The molecule has 6 heteroatoms. The summed E-state index contributed by atoms with van der Waals surface area (Å²) in [5.41, 5.74) is 24.0. The number of nitrogens with zero attached hydrogens (tertiary/aromatic N) is 3. The molecule has 0 aliphatic heterocycles. The fourth-order valence-electron chi connectivity index (χ4n) is 12.2. The third kappa shape index (κ3) is 12.8. The number of unbranched alkanes of at least 4 members (excludes halogenated alkanes) is 10. The van der Waals surface area contributed by atoms with E-state index < -0.39 is 0 Å². The first kappa shape index (κ1) is 55.4. The van der Waals surface area contributed by atoms with E-state index in [9.17, 15) is 5.26 Å². The zero-order valence-electron chi connectivity index (χ0n) is 44.5. The number of rotatable bonds is 14. The van der Waals surface area contributed by atoms with Crippen LogP contribution in [-0.2, 0) is 24.7 Å². The lowest BCUT2D eigenvalue weighted by Crippen LogP contribution is -2.25. The molecular weight excluding hydrogens is 1130 g/mol. The van der Waals surface area contributed by atoms with Crippen LogP contribution in [0.15, 0.2) is 171 Å². The summed E-state index contributed by atoms with van der Waals surface area (Å²) in [7, 11) is 0. The molecule has 0 saturated carbocycles. The summed E-state index contributed by atoms with van der Waals surface area (Å²) in [6.07, 6.45) is 21.2. The van der Waals surface area contributed by atoms with Crippen LogP contribution in [0.4, 0.5) is 0 Å². The van der Waals surface area contributed by atoms with Gasteiger partial charge in [-0.25, -0.2) is 0 Å². The van der Waals surface area contributed by atoms with E-state index in [-0.39, 0.29) is 5.41 Å². The van der Waals surface area contributed by atoms with Gasteiger partial charge in [0.05, 0.1) is 34.9 Å². The fraction of sp³-hybridized carbons (Fsp3) is 0.282. The Labute approximate surface area is 483 Å². The van der Waals surface area contributed by atoms with Crippen molar-refractivity contribution in [3.05, 3.63) is 232 Å². The molecule has 0 bridgehead atoms. The van der Waals surface area contributed by atoms with Crippen molar-refractivity contribution in [2.24, 2.45) is 0 Å². The highest BCUT2D eigenvalue weighted by molar-refractivity contribution is 9.11. The summed E-state index contributed by atoms with van der Waals surface area (Å²) in [5.74, 6) is 0. The van der Waals surface area contributed by atoms with Gasteiger partial charge in [0.15, 0.2) is 0 Å². The predicted octanol–water partition coefficient (Wildman–Crippen LogP) is 21.1. The molecule has 0 radical (unpaired) electrons. The molecule has 0 fully saturated rings. The molecule has 0 spiro atoms. The molecule has 0 heterocycles. The van der Waals surface area contributed by atoms with E-state index in [2.05, 4.69) is 201 Å². The molecule has 8 aromatic rings. The van der Waals surface area contributed by atoms with Gasteiger partial charge < -0.3 is 0 Å². The van der Waals surface area contributed by atoms with E-state index in [0.29, 0.717) is 0 Å². The Morgan fingerprint density at radius 3 is 1.12 bits per heavy atom. The van der Waals surface area contributed by atoms with Crippen LogP contribution in [-0.4, -0.2) is 0 Å². The first-order valence-corrected chi connectivity index (χ1v) is 30.2. The Morgan fingerprint density at radius 1 is 0.338 bits per heavy atom. The summed E-state index contributed by atoms with van der Waals surface area (Å²) in [5, 5.41) is 27.3. The molecule has 8 aromatic carbocycles. The van der Waals surface area contributed by atoms with Crippen LogP contribution in [0.2, 0.25) is 0 Å². The molecule has 0 unspecified atom stereocenters. The predicted molar refractivity (Wildman–Crippen MR) is 330 cm³/mol. The topological polar surface area (TPSA) is 71.4 Å². The van der Waals surface area contributed by atoms with Gasteiger partial charge in [0, 0.05) is 18.8 Å². The summed E-state index contributed by atoms with van der Waals surface area (Å²) in [6.45, 7) is 4.57. The lowest BCUT2D eigenvalue weighted by Gasteiger charge is -2.33. The van der Waals surface area contributed by atoms with Crippen molar-refractivity contribution < 1.29 is 0 Å². The Morgan fingerprint density at radius 2 is 0.662 bits per heavy atom. The fourth-order valence-corrected chi connectivity index (χ4v) is 13.4. The van der Waals surface area contributed by atoms with Crippen LogP contribution in [0, 0.1) is 34.0 Å². The van der Waals surface area contributed by atoms with Crippen LogP contribution in [0.25, 0.3) is 44.5 Å². The lowest BCUT2D eigenvalue weighted by atomic mass is 9.70. The van der Waals surface area contributed by atoms with Crippen molar-refractivity contribution in [1.29, 1.82) is 15.8 Å². The van der Waals surface area contributed by atoms with Crippen molar-refractivity contribution in [1.82, 2.24) is 0 Å². The summed E-state index contributed by atoms with van der Waals surface area (Å²) < 4.78 is 3.45. The first-order chi connectivity index (χ1) is 37.7. The number of hydrogen-bond acceptors (Lipinski definition) is 3. The molecule has 0 aromatic heterocycles. The standard InChI is InChI=1S/C30H40BrN.C14H8BrN.C14H9N.C13H9Br/c1-3-5-7-9-11-13-19-30(20-14-12-10-8-6-4-2)28-21-24(23-32)15-17-26(28)27-18-16-25(31)22-29(27)30;15-12-2-4-14-11(7-12)6-10-5-9(8-16)1-3-13(10)14;15-9-10-5-6-14-12(7-10)8-11-3-1-2-4-13(11)14;14-11-5-6-13-10(8-11)7-9-3-1-2-4-12(9)13/h15-18,21-22H,3-14,19-20H2,1-2H3;1-5,7H,6H2;1-7H,8H2;1-6,8H,7H2. The lowest BCUT2D eigenvalue weighted by molar-refractivity contribution is 0.397. The van der Waals surface area contributed by atoms with E-state index in [1.54, 1.807) is 0 Å². The molecule has 0 N–H and O–H groups in total. The zero-order valence-corrected chi connectivity index (χ0v) is 49.3. The molecule has 4 aliphatic carbocycles. The quantitative estimate of drug-likeness (QED) is 0.102. The van der Waals surface area contributed by atoms with E-state index in [4.69, 9.17) is 10.5 Å². The maximum absolute atomic E-state index is 9.64. The molecule has 3 nitrogen and oxygen atoms in total. The van der Waals surface area contributed by atoms with Crippen molar-refractivity contribution in [2.45, 2.75) is 128 Å². The monoisotopic (exact) mass is 1200 g/mol. The maximum Gasteiger partial charge on any atom is 0.0991 e. The molecule has 12 rings (SSSR count). The third-order valence-electron chi connectivity index (χ3n) is 16.0. The number of nitriles is 3. The minimum absolute atomic E-state index is 0.0524. The Kier molecular flexibility index (Phi) is 19.0. The molecule has 0 atom stereocenters. The molecular formula is C71H66Br3N3. The van der Waals surface area contributed by atoms with Gasteiger partial charge in [0.25, 0.3) is 0 Å². The van der Waals surface area contributed by atoms with Crippen LogP contribution in [0.1, 0.15) is 165 Å². The number of hydrogen-bond donors (Lipinski definition) is 0. The van der Waals surface area contributed by atoms with Gasteiger partial charge >= 0.3 is 0 Å². The van der Waals surface area contributed by atoms with E-state index in [1.165, 1.54) is 188 Å². The molecule has 77 heavy (non-hydrogen) atoms. The minimum Gasteiger partial charge on any atom is -0.192 e. The van der Waals surface area contributed by atoms with Crippen molar-refractivity contribution >= 4 is 47.8 Å². The second-order valence-corrected chi connectivity index (χ2v) is 23.8. The highest BCUT2D eigenvalue weighted by Gasteiger charge is 2.42. The van der Waals surface area contributed by atoms with Gasteiger partial charge in [-0.15, -0.1) is 0 Å². The van der Waals surface area contributed by atoms with E-state index in [1.807, 2.05) is 36.4 Å². The average molecular weight is 1200 g/mol. The number of fused-ring (bicyclic) bond motifs is 12. The van der Waals surface area contributed by atoms with Crippen LogP contribution in [0.5, 0.6) is 0 Å². The Balaban J connectivity index is 0.000000134. The smallest absolute Gasteiger partial charge is 0.0991 e. The van der Waals surface area contributed by atoms with Crippen LogP contribution < -0.4 is 0 Å². The minimum atomic E-state index is 0.0524. The molecule has 386 valence electrons. The second kappa shape index (κ2) is 26.3. The van der Waals surface area contributed by atoms with Gasteiger partial charge in [-0.1, -0.05) is 224 Å². The molecule has 0 saturated heterocycles. The molecule has 4 aliphatic rings. The zero-order chi connectivity index (χ0) is 53.7. The SMILES string of the molecule is Brc1ccc2c(c1)Cc1ccccc1-2.CCCCCCCCC1(CCCCCCCC)c2cc(Br)ccc2-c2ccc(C#N)cc21.N#Cc1ccc2c(c1)Cc1cc(Br)ccc1-2.N#Cc1ccc2c(c1)Cc1ccccc1-2. The van der Waals surface area contributed by atoms with Gasteiger partial charge in [0.1, 0.15) is 0 Å². The van der Waals surface area contributed by atoms with Crippen molar-refractivity contribution in [2.75, 3.05) is 0 Å². The van der Waals surface area contributed by atoms with Gasteiger partial charge in [0.2, 0.25) is 0 Å². The van der Waals surface area contributed by atoms with Crippen molar-refractivity contribution in [3.63, 3.8) is 0 Å². The Bertz CT molecular complexity index is 3520. The second-order valence-electron chi connectivity index (χ2n) is 21.1. The molecule has 0 amide bonds. The van der Waals surface area contributed by atoms with E-state index in [0.717, 1.165) is 40.4 Å². The van der Waals surface area contributed by atoms with E-state index >= 15 is 0 Å². The largest absolute Gasteiger partial charge is 0.192 e. The highest BCUT2D eigenvalue weighted by atomic mass is 79.9. The summed E-state index contributed by atoms with van der Waals surface area (Å²) >= 11 is 10.8. The maximum atomic E-state index is 9.64. The van der Waals surface area contributed by atoms with Gasteiger partial charge in [-0.2, -0.15) is 15.8 Å². The summed E-state index contributed by atoms with van der Waals surface area (Å²) in [4.78, 5) is 0.